The number of benzene rings is 1. The van der Waals surface area contributed by atoms with E-state index >= 15 is 0 Å². The molecule has 0 saturated heterocycles. The molecule has 1 aromatic heterocycles. The van der Waals surface area contributed by atoms with E-state index in [-0.39, 0.29) is 11.9 Å². The van der Waals surface area contributed by atoms with E-state index in [9.17, 15) is 4.79 Å². The molecule has 20 heavy (non-hydrogen) atoms. The maximum absolute atomic E-state index is 12.3. The van der Waals surface area contributed by atoms with Crippen molar-refractivity contribution in [2.75, 3.05) is 19.0 Å². The van der Waals surface area contributed by atoms with Crippen LogP contribution >= 0.6 is 0 Å². The molecule has 2 aromatic rings. The number of amides is 1. The Balaban J connectivity index is 1.81. The molecule has 102 valence electrons. The third-order valence-electron chi connectivity index (χ3n) is 3.34. The van der Waals surface area contributed by atoms with Crippen molar-refractivity contribution in [2.24, 2.45) is 0 Å². The van der Waals surface area contributed by atoms with Crippen molar-refractivity contribution in [3.63, 3.8) is 0 Å². The first kappa shape index (κ1) is 12.5. The van der Waals surface area contributed by atoms with Crippen molar-refractivity contribution in [1.82, 2.24) is 10.3 Å². The van der Waals surface area contributed by atoms with E-state index in [1.54, 1.807) is 25.5 Å². The van der Waals surface area contributed by atoms with Crippen LogP contribution in [0.1, 0.15) is 22.0 Å². The van der Waals surface area contributed by atoms with Crippen molar-refractivity contribution in [1.29, 1.82) is 0 Å². The maximum Gasteiger partial charge on any atom is 0.255 e. The minimum atomic E-state index is -0.159. The fraction of sp³-hybridized carbons (Fsp3) is 0.200. The highest BCUT2D eigenvalue weighted by Crippen LogP contribution is 2.31. The number of anilines is 1. The number of carbonyl (C=O) groups is 1. The Bertz CT molecular complexity index is 643. The fourth-order valence-electron chi connectivity index (χ4n) is 2.31. The second-order valence-corrected chi connectivity index (χ2v) is 4.55. The van der Waals surface area contributed by atoms with Crippen LogP contribution < -0.4 is 15.4 Å². The van der Waals surface area contributed by atoms with Crippen LogP contribution in [-0.2, 0) is 0 Å². The van der Waals surface area contributed by atoms with Crippen LogP contribution in [0.3, 0.4) is 0 Å². The van der Waals surface area contributed by atoms with Crippen molar-refractivity contribution < 1.29 is 9.53 Å². The molecule has 0 radical (unpaired) electrons. The van der Waals surface area contributed by atoms with Crippen molar-refractivity contribution in [3.05, 3.63) is 53.9 Å². The van der Waals surface area contributed by atoms with Crippen LogP contribution in [0.25, 0.3) is 0 Å². The molecular formula is C15H15N3O2. The van der Waals surface area contributed by atoms with Gasteiger partial charge in [-0.15, -0.1) is 0 Å². The number of ether oxygens (including phenoxy) is 1. The van der Waals surface area contributed by atoms with Gasteiger partial charge in [-0.2, -0.15) is 0 Å². The normalized spacial score (nSPS) is 16.1. The zero-order chi connectivity index (χ0) is 13.9. The maximum atomic E-state index is 12.3. The van der Waals surface area contributed by atoms with E-state index < -0.39 is 0 Å². The van der Waals surface area contributed by atoms with E-state index in [2.05, 4.69) is 15.6 Å². The Morgan fingerprint density at radius 2 is 2.20 bits per heavy atom. The Hall–Kier alpha value is -2.56. The Labute approximate surface area is 117 Å². The van der Waals surface area contributed by atoms with Gasteiger partial charge in [-0.05, 0) is 12.1 Å². The lowest BCUT2D eigenvalue weighted by molar-refractivity contribution is 0.0931. The second kappa shape index (κ2) is 5.21. The Morgan fingerprint density at radius 3 is 3.05 bits per heavy atom. The summed E-state index contributed by atoms with van der Waals surface area (Å²) < 4.78 is 5.56. The van der Waals surface area contributed by atoms with E-state index in [1.807, 2.05) is 24.3 Å². The number of carbonyl (C=O) groups excluding carboxylic acids is 1. The molecule has 2 N–H and O–H groups in total. The molecule has 1 amide bonds. The monoisotopic (exact) mass is 269 g/mol. The fourth-order valence-corrected chi connectivity index (χ4v) is 2.31. The number of para-hydroxylation sites is 1. The van der Waals surface area contributed by atoms with Gasteiger partial charge in [-0.3, -0.25) is 9.78 Å². The smallest absolute Gasteiger partial charge is 0.255 e. The molecular weight excluding hydrogens is 254 g/mol. The molecule has 1 aliphatic heterocycles. The molecule has 5 nitrogen and oxygen atoms in total. The highest BCUT2D eigenvalue weighted by atomic mass is 16.5. The van der Waals surface area contributed by atoms with Gasteiger partial charge in [-0.1, -0.05) is 18.2 Å². The number of nitrogens with one attached hydrogen (secondary N) is 2. The number of fused-ring (bicyclic) bond motifs is 1. The van der Waals surface area contributed by atoms with E-state index in [4.69, 9.17) is 4.74 Å². The molecule has 0 saturated carbocycles. The predicted octanol–water partition coefficient (Wildman–Crippen LogP) is 1.99. The third-order valence-corrected chi connectivity index (χ3v) is 3.34. The molecule has 5 heteroatoms. The molecule has 0 bridgehead atoms. The summed E-state index contributed by atoms with van der Waals surface area (Å²) in [4.78, 5) is 16.3. The average Bonchev–Trinajstić information content (AvgIpc) is 2.90. The lowest BCUT2D eigenvalue weighted by atomic mass is 10.1. The van der Waals surface area contributed by atoms with Crippen molar-refractivity contribution in [2.45, 2.75) is 6.04 Å². The summed E-state index contributed by atoms with van der Waals surface area (Å²) in [6.45, 7) is 0.459. The summed E-state index contributed by atoms with van der Waals surface area (Å²) in [5, 5.41) is 5.97. The van der Waals surface area contributed by atoms with Crippen LogP contribution in [0.15, 0.2) is 42.7 Å². The Morgan fingerprint density at radius 1 is 1.35 bits per heavy atom. The van der Waals surface area contributed by atoms with Gasteiger partial charge in [0.2, 0.25) is 0 Å². The molecule has 3 rings (SSSR count). The van der Waals surface area contributed by atoms with Gasteiger partial charge in [0.1, 0.15) is 12.4 Å². The minimum absolute atomic E-state index is 0.122. The van der Waals surface area contributed by atoms with Gasteiger partial charge in [0, 0.05) is 30.7 Å². The topological polar surface area (TPSA) is 63.2 Å². The van der Waals surface area contributed by atoms with Gasteiger partial charge in [0.05, 0.1) is 11.6 Å². The number of hydrogen-bond donors (Lipinski definition) is 2. The molecule has 0 spiro atoms. The lowest BCUT2D eigenvalue weighted by Crippen LogP contribution is -2.30. The predicted molar refractivity (Wildman–Crippen MR) is 75.9 cm³/mol. The largest absolute Gasteiger partial charge is 0.491 e. The van der Waals surface area contributed by atoms with Gasteiger partial charge >= 0.3 is 0 Å². The minimum Gasteiger partial charge on any atom is -0.491 e. The quantitative estimate of drug-likeness (QED) is 0.894. The van der Waals surface area contributed by atoms with E-state index in [1.165, 1.54) is 0 Å². The lowest BCUT2D eigenvalue weighted by Gasteiger charge is -2.13. The summed E-state index contributed by atoms with van der Waals surface area (Å²) in [5.74, 6) is 0.672. The zero-order valence-electron chi connectivity index (χ0n) is 11.1. The number of hydrogen-bond acceptors (Lipinski definition) is 4. The van der Waals surface area contributed by atoms with Crippen LogP contribution in [0, 0.1) is 0 Å². The van der Waals surface area contributed by atoms with Crippen LogP contribution in [0.2, 0.25) is 0 Å². The highest BCUT2D eigenvalue weighted by molar-refractivity contribution is 5.99. The average molecular weight is 269 g/mol. The molecule has 2 heterocycles. The first-order valence-corrected chi connectivity index (χ1v) is 6.44. The van der Waals surface area contributed by atoms with E-state index in [0.29, 0.717) is 12.2 Å². The van der Waals surface area contributed by atoms with Crippen LogP contribution in [0.4, 0.5) is 5.69 Å². The molecule has 1 atom stereocenters. The number of nitrogens with zero attached hydrogens (tertiary/aromatic N) is 1. The summed E-state index contributed by atoms with van der Waals surface area (Å²) in [6.07, 6.45) is 3.21. The van der Waals surface area contributed by atoms with Gasteiger partial charge in [0.15, 0.2) is 0 Å². The second-order valence-electron chi connectivity index (χ2n) is 4.55. The summed E-state index contributed by atoms with van der Waals surface area (Å²) >= 11 is 0. The zero-order valence-corrected chi connectivity index (χ0v) is 11.1. The van der Waals surface area contributed by atoms with E-state index in [0.717, 1.165) is 17.0 Å². The summed E-state index contributed by atoms with van der Waals surface area (Å²) in [5.41, 5.74) is 2.29. The number of aromatic nitrogens is 1. The first-order valence-electron chi connectivity index (χ1n) is 6.44. The van der Waals surface area contributed by atoms with Gasteiger partial charge in [-0.25, -0.2) is 0 Å². The van der Waals surface area contributed by atoms with Crippen LogP contribution in [0.5, 0.6) is 5.75 Å². The summed E-state index contributed by atoms with van der Waals surface area (Å²) in [6, 6.07) is 9.39. The third kappa shape index (κ3) is 2.18. The van der Waals surface area contributed by atoms with Crippen molar-refractivity contribution in [3.8, 4) is 5.75 Å². The van der Waals surface area contributed by atoms with Gasteiger partial charge in [0.25, 0.3) is 5.91 Å². The van der Waals surface area contributed by atoms with Crippen LogP contribution in [-0.4, -0.2) is 24.5 Å². The highest BCUT2D eigenvalue weighted by Gasteiger charge is 2.26. The first-order chi connectivity index (χ1) is 9.79. The molecule has 0 aliphatic carbocycles. The summed E-state index contributed by atoms with van der Waals surface area (Å²) in [7, 11) is 1.78. The molecule has 1 aromatic carbocycles. The number of pyridine rings is 1. The SMILES string of the molecule is CNc1ccncc1C(=O)NC1COc2ccccc21. The molecule has 1 aliphatic rings. The molecule has 0 fully saturated rings. The number of rotatable bonds is 3. The Kier molecular flexibility index (Phi) is 3.25. The standard InChI is InChI=1S/C15H15N3O2/c1-16-12-6-7-17-8-11(12)15(19)18-13-9-20-14-5-3-2-4-10(13)14/h2-8,13H,9H2,1H3,(H,16,17)(H,18,19). The van der Waals surface area contributed by atoms with Gasteiger partial charge < -0.3 is 15.4 Å². The van der Waals surface area contributed by atoms with Crippen molar-refractivity contribution >= 4 is 11.6 Å². The molecule has 1 unspecified atom stereocenters.